The van der Waals surface area contributed by atoms with Crippen LogP contribution in [0.15, 0.2) is 47.4 Å². The number of benzene rings is 2. The highest BCUT2D eigenvalue weighted by Gasteiger charge is 2.22. The first-order chi connectivity index (χ1) is 11.5. The van der Waals surface area contributed by atoms with Gasteiger partial charge in [-0.15, -0.1) is 0 Å². The minimum atomic E-state index is -3.63. The topological polar surface area (TPSA) is 75.3 Å². The van der Waals surface area contributed by atoms with Crippen LogP contribution in [-0.2, 0) is 10.0 Å². The number of sulfonamides is 1. The second kappa shape index (κ2) is 7.33. The lowest BCUT2D eigenvalue weighted by Crippen LogP contribution is -2.40. The second-order valence-electron chi connectivity index (χ2n) is 6.46. The Balaban J connectivity index is 2.18. The molecule has 25 heavy (non-hydrogen) atoms. The van der Waals surface area contributed by atoms with Crippen LogP contribution in [0.1, 0.15) is 31.1 Å². The Hall–Kier alpha value is -1.60. The zero-order valence-electron chi connectivity index (χ0n) is 13.9. The lowest BCUT2D eigenvalue weighted by atomic mass is 10.1. The van der Waals surface area contributed by atoms with Gasteiger partial charge in [0, 0.05) is 16.2 Å². The number of hydrogen-bond donors (Lipinski definition) is 2. The molecular weight excluding hydrogens is 383 g/mol. The molecule has 2 aromatic carbocycles. The molecule has 5 nitrogen and oxygen atoms in total. The number of halogens is 2. The van der Waals surface area contributed by atoms with Crippen molar-refractivity contribution in [1.82, 2.24) is 4.72 Å². The van der Waals surface area contributed by atoms with E-state index in [-0.39, 0.29) is 15.5 Å². The van der Waals surface area contributed by atoms with Gasteiger partial charge in [0.15, 0.2) is 0 Å². The van der Waals surface area contributed by atoms with Gasteiger partial charge in [-0.25, -0.2) is 13.1 Å². The summed E-state index contributed by atoms with van der Waals surface area (Å²) >= 11 is 11.9. The van der Waals surface area contributed by atoms with E-state index in [1.807, 2.05) is 0 Å². The zero-order valence-corrected chi connectivity index (χ0v) is 16.3. The van der Waals surface area contributed by atoms with Crippen molar-refractivity contribution in [3.8, 4) is 0 Å². The fourth-order valence-corrected chi connectivity index (χ4v) is 3.84. The van der Waals surface area contributed by atoms with Gasteiger partial charge in [-0.05, 0) is 63.2 Å². The lowest BCUT2D eigenvalue weighted by Gasteiger charge is -2.20. The van der Waals surface area contributed by atoms with Gasteiger partial charge in [-0.3, -0.25) is 4.79 Å². The van der Waals surface area contributed by atoms with E-state index in [1.165, 1.54) is 36.4 Å². The number of hydrogen-bond acceptors (Lipinski definition) is 3. The Kier molecular flexibility index (Phi) is 5.79. The summed E-state index contributed by atoms with van der Waals surface area (Å²) < 4.78 is 27.1. The molecule has 0 saturated carbocycles. The molecule has 0 saturated heterocycles. The molecule has 0 aliphatic rings. The quantitative estimate of drug-likeness (QED) is 0.801. The minimum Gasteiger partial charge on any atom is -0.322 e. The Labute approximate surface area is 157 Å². The van der Waals surface area contributed by atoms with Crippen LogP contribution in [0.4, 0.5) is 5.69 Å². The summed E-state index contributed by atoms with van der Waals surface area (Å²) in [6.45, 7) is 5.27. The van der Waals surface area contributed by atoms with Gasteiger partial charge in [0.05, 0.1) is 15.5 Å². The highest BCUT2D eigenvalue weighted by molar-refractivity contribution is 7.89. The Bertz CT molecular complexity index is 889. The molecule has 2 rings (SSSR count). The molecule has 0 aliphatic heterocycles. The normalized spacial score (nSPS) is 12.0. The average Bonchev–Trinajstić information content (AvgIpc) is 2.48. The third kappa shape index (κ3) is 5.44. The number of rotatable bonds is 4. The van der Waals surface area contributed by atoms with Crippen LogP contribution in [0.5, 0.6) is 0 Å². The average molecular weight is 401 g/mol. The molecule has 0 heterocycles. The van der Waals surface area contributed by atoms with E-state index in [2.05, 4.69) is 10.0 Å². The van der Waals surface area contributed by atoms with Gasteiger partial charge in [0.2, 0.25) is 10.0 Å². The van der Waals surface area contributed by atoms with Gasteiger partial charge < -0.3 is 5.32 Å². The van der Waals surface area contributed by atoms with Crippen molar-refractivity contribution >= 4 is 44.8 Å². The predicted molar refractivity (Wildman–Crippen MR) is 101 cm³/mol. The minimum absolute atomic E-state index is 0.112. The summed E-state index contributed by atoms with van der Waals surface area (Å²) in [4.78, 5) is 12.4. The van der Waals surface area contributed by atoms with E-state index in [9.17, 15) is 13.2 Å². The molecule has 0 spiro atoms. The fourth-order valence-electron chi connectivity index (χ4n) is 2.05. The molecular formula is C17H18Cl2N2O3S. The third-order valence-electron chi connectivity index (χ3n) is 3.04. The Morgan fingerprint density at radius 3 is 2.16 bits per heavy atom. The molecule has 2 N–H and O–H groups in total. The zero-order chi connectivity index (χ0) is 18.8. The van der Waals surface area contributed by atoms with Crippen LogP contribution in [0.3, 0.4) is 0 Å². The first-order valence-corrected chi connectivity index (χ1v) is 9.62. The van der Waals surface area contributed by atoms with E-state index >= 15 is 0 Å². The van der Waals surface area contributed by atoms with Crippen LogP contribution in [0.25, 0.3) is 0 Å². The van der Waals surface area contributed by atoms with Gasteiger partial charge in [-0.2, -0.15) is 0 Å². The molecule has 0 aliphatic carbocycles. The first kappa shape index (κ1) is 19.7. The Morgan fingerprint density at radius 1 is 1.00 bits per heavy atom. The smallest absolute Gasteiger partial charge is 0.257 e. The van der Waals surface area contributed by atoms with Gasteiger partial charge in [0.1, 0.15) is 0 Å². The summed E-state index contributed by atoms with van der Waals surface area (Å²) in [5.74, 6) is -0.434. The summed E-state index contributed by atoms with van der Waals surface area (Å²) in [6.07, 6.45) is 0. The summed E-state index contributed by atoms with van der Waals surface area (Å²) in [7, 11) is -3.63. The molecule has 2 aromatic rings. The van der Waals surface area contributed by atoms with E-state index in [0.717, 1.165) is 0 Å². The van der Waals surface area contributed by atoms with Gasteiger partial charge in [0.25, 0.3) is 5.91 Å². The largest absolute Gasteiger partial charge is 0.322 e. The van der Waals surface area contributed by atoms with Gasteiger partial charge in [-0.1, -0.05) is 23.2 Å². The van der Waals surface area contributed by atoms with Crippen molar-refractivity contribution < 1.29 is 13.2 Å². The van der Waals surface area contributed by atoms with Crippen LogP contribution in [0, 0.1) is 0 Å². The summed E-state index contributed by atoms with van der Waals surface area (Å²) in [6, 6.07) is 10.4. The van der Waals surface area contributed by atoms with E-state index in [0.29, 0.717) is 10.7 Å². The summed E-state index contributed by atoms with van der Waals surface area (Å²) in [5, 5.41) is 3.32. The monoisotopic (exact) mass is 400 g/mol. The maximum Gasteiger partial charge on any atom is 0.257 e. The second-order valence-corrected chi connectivity index (χ2v) is 8.98. The lowest BCUT2D eigenvalue weighted by molar-refractivity contribution is 0.102. The molecule has 134 valence electrons. The van der Waals surface area contributed by atoms with Crippen molar-refractivity contribution in [2.45, 2.75) is 31.2 Å². The number of amides is 1. The van der Waals surface area contributed by atoms with Crippen LogP contribution in [-0.4, -0.2) is 19.9 Å². The summed E-state index contributed by atoms with van der Waals surface area (Å²) in [5.41, 5.74) is 0.0886. The molecule has 0 aromatic heterocycles. The van der Waals surface area contributed by atoms with Crippen LogP contribution in [0.2, 0.25) is 10.0 Å². The van der Waals surface area contributed by atoms with Crippen molar-refractivity contribution in [2.75, 3.05) is 5.32 Å². The Morgan fingerprint density at radius 2 is 1.60 bits per heavy atom. The van der Waals surface area contributed by atoms with Crippen molar-refractivity contribution in [3.05, 3.63) is 58.1 Å². The van der Waals surface area contributed by atoms with E-state index in [4.69, 9.17) is 23.2 Å². The van der Waals surface area contributed by atoms with Gasteiger partial charge >= 0.3 is 0 Å². The van der Waals surface area contributed by atoms with Crippen molar-refractivity contribution in [2.24, 2.45) is 0 Å². The number of carbonyl (C=O) groups is 1. The predicted octanol–water partition coefficient (Wildman–Crippen LogP) is 4.32. The van der Waals surface area contributed by atoms with Crippen molar-refractivity contribution in [3.63, 3.8) is 0 Å². The SMILES string of the molecule is CC(C)(C)NS(=O)(=O)c1ccc(NC(=O)c2cc(Cl)ccc2Cl)cc1. The van der Waals surface area contributed by atoms with Crippen molar-refractivity contribution in [1.29, 1.82) is 0 Å². The third-order valence-corrected chi connectivity index (χ3v) is 5.37. The molecule has 1 amide bonds. The fraction of sp³-hybridized carbons (Fsp3) is 0.235. The van der Waals surface area contributed by atoms with E-state index < -0.39 is 21.5 Å². The molecule has 0 radical (unpaired) electrons. The highest BCUT2D eigenvalue weighted by atomic mass is 35.5. The van der Waals surface area contributed by atoms with Crippen LogP contribution >= 0.6 is 23.2 Å². The first-order valence-electron chi connectivity index (χ1n) is 7.38. The molecule has 0 unspecified atom stereocenters. The van der Waals surface area contributed by atoms with E-state index in [1.54, 1.807) is 26.8 Å². The number of anilines is 1. The number of carbonyl (C=O) groups excluding carboxylic acids is 1. The molecule has 0 bridgehead atoms. The number of nitrogens with one attached hydrogen (secondary N) is 2. The standard InChI is InChI=1S/C17H18Cl2N2O3S/c1-17(2,3)21-25(23,24)13-7-5-12(6-8-13)20-16(22)14-10-11(18)4-9-15(14)19/h4-10,21H,1-3H3,(H,20,22). The molecule has 8 heteroatoms. The molecule has 0 fully saturated rings. The maximum absolute atomic E-state index is 12.3. The maximum atomic E-state index is 12.3. The van der Waals surface area contributed by atoms with Crippen LogP contribution < -0.4 is 10.0 Å². The molecule has 0 atom stereocenters. The highest BCUT2D eigenvalue weighted by Crippen LogP contribution is 2.22.